The van der Waals surface area contributed by atoms with Crippen molar-refractivity contribution >= 4 is 10.8 Å². The summed E-state index contributed by atoms with van der Waals surface area (Å²) >= 11 is 0. The molecule has 0 aliphatic heterocycles. The lowest BCUT2D eigenvalue weighted by atomic mass is 10.0. The molecule has 1 heterocycles. The normalized spacial score (nSPS) is 10.6. The summed E-state index contributed by atoms with van der Waals surface area (Å²) in [5.74, 6) is 0. The Morgan fingerprint density at radius 2 is 1.68 bits per heavy atom. The van der Waals surface area contributed by atoms with E-state index in [-0.39, 0.29) is 0 Å². The van der Waals surface area contributed by atoms with E-state index in [1.165, 1.54) is 16.3 Å². The third kappa shape index (κ3) is 2.17. The zero-order valence-electron chi connectivity index (χ0n) is 10.9. The van der Waals surface area contributed by atoms with E-state index in [9.17, 15) is 0 Å². The predicted octanol–water partition coefficient (Wildman–Crippen LogP) is 3.24. The van der Waals surface area contributed by atoms with Gasteiger partial charge in [-0.15, -0.1) is 0 Å². The molecule has 19 heavy (non-hydrogen) atoms. The van der Waals surface area contributed by atoms with Crippen LogP contribution in [0.3, 0.4) is 0 Å². The van der Waals surface area contributed by atoms with Gasteiger partial charge in [-0.25, -0.2) is 0 Å². The van der Waals surface area contributed by atoms with Crippen LogP contribution in [0.15, 0.2) is 66.9 Å². The Kier molecular flexibility index (Phi) is 3.15. The fraction of sp³-hybridized carbons (Fsp3) is 0.118. The molecule has 3 aromatic rings. The van der Waals surface area contributed by atoms with Crippen LogP contribution in [-0.4, -0.2) is 6.61 Å². The maximum atomic E-state index is 5.66. The molecule has 0 radical (unpaired) electrons. The fourth-order valence-corrected chi connectivity index (χ4v) is 2.34. The molecule has 0 amide bonds. The van der Waals surface area contributed by atoms with Gasteiger partial charge in [-0.1, -0.05) is 36.4 Å². The molecule has 2 heteroatoms. The van der Waals surface area contributed by atoms with Gasteiger partial charge in [0.25, 0.3) is 5.69 Å². The van der Waals surface area contributed by atoms with Crippen molar-refractivity contribution < 1.29 is 9.57 Å². The summed E-state index contributed by atoms with van der Waals surface area (Å²) in [6.45, 7) is 2.64. The van der Waals surface area contributed by atoms with E-state index in [1.807, 2.05) is 30.0 Å². The number of fused-ring (bicyclic) bond motifs is 1. The minimum absolute atomic E-state index is 0.645. The first-order valence-corrected chi connectivity index (χ1v) is 6.52. The second-order valence-corrected chi connectivity index (χ2v) is 4.36. The van der Waals surface area contributed by atoms with Gasteiger partial charge in [0.1, 0.15) is 0 Å². The van der Waals surface area contributed by atoms with Crippen LogP contribution < -0.4 is 9.57 Å². The lowest BCUT2D eigenvalue weighted by Gasteiger charge is -2.05. The van der Waals surface area contributed by atoms with Crippen molar-refractivity contribution in [2.45, 2.75) is 6.92 Å². The molecule has 0 N–H and O–H groups in total. The van der Waals surface area contributed by atoms with Gasteiger partial charge in [-0.3, -0.25) is 4.84 Å². The summed E-state index contributed by atoms with van der Waals surface area (Å²) in [4.78, 5) is 5.66. The van der Waals surface area contributed by atoms with Crippen LogP contribution in [0.1, 0.15) is 6.92 Å². The summed E-state index contributed by atoms with van der Waals surface area (Å²) in [6.07, 6.45) is 1.95. The van der Waals surface area contributed by atoms with Crippen molar-refractivity contribution in [2.24, 2.45) is 0 Å². The third-order valence-corrected chi connectivity index (χ3v) is 3.16. The van der Waals surface area contributed by atoms with Gasteiger partial charge in [-0.05, 0) is 29.8 Å². The van der Waals surface area contributed by atoms with Crippen LogP contribution in [0.25, 0.3) is 22.0 Å². The molecule has 0 aliphatic rings. The molecule has 0 fully saturated rings. The largest absolute Gasteiger partial charge is 0.271 e. The molecule has 1 aromatic heterocycles. The number of rotatable bonds is 3. The van der Waals surface area contributed by atoms with E-state index in [0.29, 0.717) is 6.61 Å². The van der Waals surface area contributed by atoms with Gasteiger partial charge in [0.05, 0.1) is 5.56 Å². The summed E-state index contributed by atoms with van der Waals surface area (Å²) < 4.78 is 1.84. The number of nitrogens with zero attached hydrogens (tertiary/aromatic N) is 1. The van der Waals surface area contributed by atoms with Crippen molar-refractivity contribution in [3.63, 3.8) is 0 Å². The zero-order chi connectivity index (χ0) is 13.1. The smallest absolute Gasteiger partial charge is 0.265 e. The molecule has 0 atom stereocenters. The molecular weight excluding hydrogens is 234 g/mol. The average molecular weight is 250 g/mol. The predicted molar refractivity (Wildman–Crippen MR) is 76.7 cm³/mol. The van der Waals surface area contributed by atoms with Crippen molar-refractivity contribution in [1.82, 2.24) is 0 Å². The minimum atomic E-state index is 0.645. The molecular formula is C17H16NO+. The van der Waals surface area contributed by atoms with Crippen LogP contribution in [0.5, 0.6) is 0 Å². The van der Waals surface area contributed by atoms with Crippen molar-refractivity contribution in [3.8, 4) is 11.3 Å². The maximum absolute atomic E-state index is 5.66. The molecule has 0 unspecified atom stereocenters. The number of hydrogen-bond acceptors (Lipinski definition) is 1. The minimum Gasteiger partial charge on any atom is -0.271 e. The molecule has 3 rings (SSSR count). The lowest BCUT2D eigenvalue weighted by Crippen LogP contribution is -2.44. The summed E-state index contributed by atoms with van der Waals surface area (Å²) in [7, 11) is 0. The summed E-state index contributed by atoms with van der Waals surface area (Å²) in [6, 6.07) is 20.9. The van der Waals surface area contributed by atoms with E-state index < -0.39 is 0 Å². The Morgan fingerprint density at radius 3 is 2.58 bits per heavy atom. The summed E-state index contributed by atoms with van der Waals surface area (Å²) in [5, 5.41) is 2.48. The third-order valence-electron chi connectivity index (χ3n) is 3.16. The fourth-order valence-electron chi connectivity index (χ4n) is 2.34. The molecule has 94 valence electrons. The highest BCUT2D eigenvalue weighted by molar-refractivity contribution is 5.95. The second-order valence-electron chi connectivity index (χ2n) is 4.36. The van der Waals surface area contributed by atoms with Crippen molar-refractivity contribution in [1.29, 1.82) is 0 Å². The van der Waals surface area contributed by atoms with Gasteiger partial charge < -0.3 is 0 Å². The first-order chi connectivity index (χ1) is 9.40. The molecule has 2 aromatic carbocycles. The Bertz CT molecular complexity index is 701. The number of hydrogen-bond donors (Lipinski definition) is 0. The highest BCUT2D eigenvalue weighted by Crippen LogP contribution is 2.25. The van der Waals surface area contributed by atoms with E-state index in [0.717, 1.165) is 5.69 Å². The SMILES string of the molecule is CCO[n+]1ccccc1-c1cccc2ccccc12. The first kappa shape index (κ1) is 11.7. The lowest BCUT2D eigenvalue weighted by molar-refractivity contribution is -0.882. The van der Waals surface area contributed by atoms with Gasteiger partial charge in [-0.2, -0.15) is 0 Å². The molecule has 0 saturated carbocycles. The monoisotopic (exact) mass is 250 g/mol. The Hall–Kier alpha value is -2.35. The molecule has 0 spiro atoms. The Labute approximate surface area is 112 Å². The topological polar surface area (TPSA) is 13.1 Å². The van der Waals surface area contributed by atoms with E-state index >= 15 is 0 Å². The van der Waals surface area contributed by atoms with E-state index in [1.54, 1.807) is 0 Å². The maximum Gasteiger partial charge on any atom is 0.265 e. The van der Waals surface area contributed by atoms with Gasteiger partial charge in [0, 0.05) is 16.9 Å². The van der Waals surface area contributed by atoms with E-state index in [2.05, 4.69) is 48.5 Å². The van der Waals surface area contributed by atoms with Gasteiger partial charge >= 0.3 is 0 Å². The molecule has 2 nitrogen and oxygen atoms in total. The Balaban J connectivity index is 2.25. The number of aromatic nitrogens is 1. The average Bonchev–Trinajstić information content (AvgIpc) is 2.48. The molecule has 0 saturated heterocycles. The summed E-state index contributed by atoms with van der Waals surface area (Å²) in [5.41, 5.74) is 2.26. The molecule has 0 aliphatic carbocycles. The number of pyridine rings is 1. The van der Waals surface area contributed by atoms with Gasteiger partial charge in [0.2, 0.25) is 6.20 Å². The van der Waals surface area contributed by atoms with E-state index in [4.69, 9.17) is 4.84 Å². The Morgan fingerprint density at radius 1 is 0.895 bits per heavy atom. The zero-order valence-corrected chi connectivity index (χ0v) is 10.9. The molecule has 0 bridgehead atoms. The van der Waals surface area contributed by atoms with Crippen molar-refractivity contribution in [2.75, 3.05) is 6.61 Å². The van der Waals surface area contributed by atoms with Crippen LogP contribution in [-0.2, 0) is 0 Å². The quantitative estimate of drug-likeness (QED) is 0.650. The van der Waals surface area contributed by atoms with Crippen LogP contribution >= 0.6 is 0 Å². The van der Waals surface area contributed by atoms with Crippen molar-refractivity contribution in [3.05, 3.63) is 66.9 Å². The highest BCUT2D eigenvalue weighted by Gasteiger charge is 2.15. The highest BCUT2D eigenvalue weighted by atomic mass is 16.7. The van der Waals surface area contributed by atoms with Crippen LogP contribution in [0.2, 0.25) is 0 Å². The number of benzene rings is 2. The van der Waals surface area contributed by atoms with Gasteiger partial charge in [0.15, 0.2) is 6.61 Å². The van der Waals surface area contributed by atoms with Crippen LogP contribution in [0, 0.1) is 0 Å². The van der Waals surface area contributed by atoms with Crippen LogP contribution in [0.4, 0.5) is 0 Å². The first-order valence-electron chi connectivity index (χ1n) is 6.52. The second kappa shape index (κ2) is 5.11. The standard InChI is InChI=1S/C17H16NO/c1-2-19-18-13-6-5-12-17(18)16-11-7-9-14-8-3-4-10-15(14)16/h3-13H,2H2,1H3/q+1.